The van der Waals surface area contributed by atoms with Crippen molar-refractivity contribution in [1.29, 1.82) is 0 Å². The largest absolute Gasteiger partial charge is 0.358 e. The number of hydrogen-bond acceptors (Lipinski definition) is 2. The molecule has 0 amide bonds. The van der Waals surface area contributed by atoms with Crippen molar-refractivity contribution < 1.29 is 9.59 Å². The first kappa shape index (κ1) is 19.1. The molecule has 2 heteroatoms. The summed E-state index contributed by atoms with van der Waals surface area (Å²) >= 11 is 0. The molecular weight excluding hydrogens is 284 g/mol. The first-order chi connectivity index (χ1) is 11.2. The zero-order chi connectivity index (χ0) is 17.3. The predicted octanol–water partition coefficient (Wildman–Crippen LogP) is 2.48. The average Bonchev–Trinajstić information content (AvgIpc) is 2.58. The lowest BCUT2D eigenvalue weighted by Crippen LogP contribution is -1.94. The summed E-state index contributed by atoms with van der Waals surface area (Å²) < 4.78 is 0. The molecular formula is C21H11O2-. The fraction of sp³-hybridized carbons (Fsp3) is 0.0476. The van der Waals surface area contributed by atoms with E-state index in [1.54, 1.807) is 6.08 Å². The first-order valence-corrected chi connectivity index (χ1v) is 6.29. The molecule has 1 aromatic carbocycles. The molecule has 0 radical (unpaired) electrons. The summed E-state index contributed by atoms with van der Waals surface area (Å²) in [7, 11) is 0. The van der Waals surface area contributed by atoms with Gasteiger partial charge in [-0.05, 0) is 54.6 Å². The van der Waals surface area contributed by atoms with Crippen molar-refractivity contribution in [3.05, 3.63) is 54.5 Å². The Kier molecular flexibility index (Phi) is 10.9. The first-order valence-electron chi connectivity index (χ1n) is 6.29. The van der Waals surface area contributed by atoms with E-state index in [0.717, 1.165) is 0 Å². The van der Waals surface area contributed by atoms with Gasteiger partial charge in [0.2, 0.25) is 5.78 Å². The second kappa shape index (κ2) is 13.1. The van der Waals surface area contributed by atoms with Crippen LogP contribution >= 0.6 is 0 Å². The van der Waals surface area contributed by atoms with Crippen LogP contribution in [0.2, 0.25) is 0 Å². The van der Waals surface area contributed by atoms with Gasteiger partial charge in [0.05, 0.1) is 0 Å². The fourth-order valence-electron chi connectivity index (χ4n) is 1.06. The smallest absolute Gasteiger partial charge is 0.236 e. The van der Waals surface area contributed by atoms with Gasteiger partial charge in [0, 0.05) is 11.1 Å². The number of carbonyl (C=O) groups is 2. The Hall–Kier alpha value is -3.90. The van der Waals surface area contributed by atoms with Crippen molar-refractivity contribution in [3.63, 3.8) is 0 Å². The fourth-order valence-corrected chi connectivity index (χ4v) is 1.06. The third kappa shape index (κ3) is 9.61. The Balaban J connectivity index is 0.00000149. The molecule has 1 rings (SSSR count). The molecule has 108 valence electrons. The molecule has 2 nitrogen and oxygen atoms in total. The molecule has 0 aliphatic rings. The molecule has 0 fully saturated rings. The molecule has 0 aliphatic carbocycles. The standard InChI is InChI=1S/C18H5O2.C3H6/c1-2-3-4-5-6-7-8-9-10-18(20)17-13-11-16(15-19)12-14-17;1-3-2/h11-15H;3H,1H2,2H3/q-1;. The van der Waals surface area contributed by atoms with Gasteiger partial charge < -0.3 is 6.42 Å². The van der Waals surface area contributed by atoms with Crippen LogP contribution in [0.25, 0.3) is 0 Å². The highest BCUT2D eigenvalue weighted by Gasteiger charge is 2.00. The molecule has 23 heavy (non-hydrogen) atoms. The highest BCUT2D eigenvalue weighted by atomic mass is 16.1. The van der Waals surface area contributed by atoms with Gasteiger partial charge in [-0.15, -0.1) is 12.5 Å². The van der Waals surface area contributed by atoms with E-state index in [0.29, 0.717) is 17.4 Å². The zero-order valence-corrected chi connectivity index (χ0v) is 12.5. The molecule has 1 aromatic rings. The van der Waals surface area contributed by atoms with Crippen molar-refractivity contribution in [1.82, 2.24) is 0 Å². The molecule has 0 unspecified atom stereocenters. The molecule has 0 bridgehead atoms. The number of rotatable bonds is 2. The van der Waals surface area contributed by atoms with Gasteiger partial charge in [0.15, 0.2) is 0 Å². The van der Waals surface area contributed by atoms with E-state index in [4.69, 9.17) is 6.42 Å². The molecule has 0 N–H and O–H groups in total. The van der Waals surface area contributed by atoms with Gasteiger partial charge in [-0.1, -0.05) is 18.2 Å². The maximum atomic E-state index is 11.6. The van der Waals surface area contributed by atoms with Crippen molar-refractivity contribution >= 4 is 12.1 Å². The van der Waals surface area contributed by atoms with E-state index < -0.39 is 0 Å². The van der Waals surface area contributed by atoms with Crippen LogP contribution in [0.15, 0.2) is 36.9 Å². The lowest BCUT2D eigenvalue weighted by Gasteiger charge is -1.93. The Morgan fingerprint density at radius 2 is 1.48 bits per heavy atom. The van der Waals surface area contributed by atoms with Gasteiger partial charge in [-0.2, -0.15) is 0 Å². The van der Waals surface area contributed by atoms with Crippen LogP contribution in [0.3, 0.4) is 0 Å². The topological polar surface area (TPSA) is 34.1 Å². The summed E-state index contributed by atoms with van der Waals surface area (Å²) in [5, 5.41) is 0. The van der Waals surface area contributed by atoms with Gasteiger partial charge in [0.1, 0.15) is 6.29 Å². The van der Waals surface area contributed by atoms with E-state index >= 15 is 0 Å². The van der Waals surface area contributed by atoms with Crippen LogP contribution in [0, 0.1) is 59.7 Å². The number of Topliss-reactive ketones (excluding diaryl/α,β-unsaturated/α-hetero) is 1. The molecule has 0 atom stereocenters. The van der Waals surface area contributed by atoms with Crippen LogP contribution in [-0.4, -0.2) is 12.1 Å². The molecule has 0 aromatic heterocycles. The van der Waals surface area contributed by atoms with Gasteiger partial charge in [-0.3, -0.25) is 15.5 Å². The number of benzene rings is 1. The second-order valence-electron chi connectivity index (χ2n) is 3.60. The van der Waals surface area contributed by atoms with E-state index in [1.165, 1.54) is 24.3 Å². The van der Waals surface area contributed by atoms with Gasteiger partial charge >= 0.3 is 0 Å². The molecule has 0 aliphatic heterocycles. The van der Waals surface area contributed by atoms with Crippen molar-refractivity contribution in [2.45, 2.75) is 6.92 Å². The van der Waals surface area contributed by atoms with Crippen LogP contribution < -0.4 is 0 Å². The number of carbonyl (C=O) groups excluding carboxylic acids is 2. The highest BCUT2D eigenvalue weighted by molar-refractivity contribution is 6.09. The third-order valence-corrected chi connectivity index (χ3v) is 1.92. The summed E-state index contributed by atoms with van der Waals surface area (Å²) in [6.45, 7) is 5.25. The second-order valence-corrected chi connectivity index (χ2v) is 3.60. The Labute approximate surface area is 137 Å². The molecule has 0 saturated heterocycles. The monoisotopic (exact) mass is 295 g/mol. The van der Waals surface area contributed by atoms with Gasteiger partial charge in [-0.25, -0.2) is 5.92 Å². The average molecular weight is 295 g/mol. The predicted molar refractivity (Wildman–Crippen MR) is 90.3 cm³/mol. The Morgan fingerprint density at radius 1 is 1.00 bits per heavy atom. The highest BCUT2D eigenvalue weighted by Crippen LogP contribution is 2.02. The minimum absolute atomic E-state index is 0.386. The Morgan fingerprint density at radius 3 is 1.96 bits per heavy atom. The minimum Gasteiger partial charge on any atom is -0.358 e. The van der Waals surface area contributed by atoms with E-state index in [9.17, 15) is 9.59 Å². The molecule has 0 saturated carbocycles. The van der Waals surface area contributed by atoms with Crippen LogP contribution in [-0.2, 0) is 0 Å². The number of hydrogen-bond donors (Lipinski definition) is 0. The summed E-state index contributed by atoms with van der Waals surface area (Å²) in [5.74, 6) is 20.2. The van der Waals surface area contributed by atoms with E-state index in [1.807, 2.05) is 12.8 Å². The lowest BCUT2D eigenvalue weighted by atomic mass is 10.1. The van der Waals surface area contributed by atoms with Crippen LogP contribution in [0.5, 0.6) is 0 Å². The summed E-state index contributed by atoms with van der Waals surface area (Å²) in [6, 6.07) is 6.13. The molecule has 0 spiro atoms. The summed E-state index contributed by atoms with van der Waals surface area (Å²) in [6.07, 6.45) is 8.94. The number of allylic oxidation sites excluding steroid dienone is 1. The van der Waals surface area contributed by atoms with E-state index in [2.05, 4.69) is 53.9 Å². The third-order valence-electron chi connectivity index (χ3n) is 1.92. The zero-order valence-electron chi connectivity index (χ0n) is 12.5. The van der Waals surface area contributed by atoms with Crippen LogP contribution in [0.4, 0.5) is 0 Å². The number of ketones is 1. The maximum absolute atomic E-state index is 11.6. The van der Waals surface area contributed by atoms with Crippen molar-refractivity contribution in [3.8, 4) is 53.3 Å². The summed E-state index contributed by atoms with van der Waals surface area (Å²) in [4.78, 5) is 22.1. The lowest BCUT2D eigenvalue weighted by molar-refractivity contribution is 0.105. The normalized spacial score (nSPS) is 6.43. The van der Waals surface area contributed by atoms with Crippen molar-refractivity contribution in [2.75, 3.05) is 0 Å². The van der Waals surface area contributed by atoms with Crippen LogP contribution in [0.1, 0.15) is 27.6 Å². The quantitative estimate of drug-likeness (QED) is 0.210. The maximum Gasteiger partial charge on any atom is 0.236 e. The van der Waals surface area contributed by atoms with E-state index in [-0.39, 0.29) is 5.78 Å². The summed E-state index contributed by atoms with van der Waals surface area (Å²) in [5.41, 5.74) is 0.885. The number of aldehydes is 1. The SMILES string of the molecule is C=CC.[C-]#CC#CC#CC#CC#CC(=O)c1ccc(C=O)cc1. The van der Waals surface area contributed by atoms with Gasteiger partial charge in [0.25, 0.3) is 0 Å². The molecule has 0 heterocycles. The Bertz CT molecular complexity index is 848. The van der Waals surface area contributed by atoms with Crippen molar-refractivity contribution in [2.24, 2.45) is 0 Å². The minimum atomic E-state index is -0.386.